The first kappa shape index (κ1) is 10.9. The van der Waals surface area contributed by atoms with Crippen molar-refractivity contribution in [1.82, 2.24) is 15.1 Å². The van der Waals surface area contributed by atoms with E-state index in [0.29, 0.717) is 18.2 Å². The lowest BCUT2D eigenvalue weighted by molar-refractivity contribution is 0.345. The Morgan fingerprint density at radius 2 is 2.06 bits per heavy atom. The van der Waals surface area contributed by atoms with Crippen LogP contribution in [0.3, 0.4) is 0 Å². The minimum atomic E-state index is 0.126. The fraction of sp³-hybridized carbons (Fsp3) is 0.545. The van der Waals surface area contributed by atoms with Crippen LogP contribution in [0, 0.1) is 0 Å². The molecule has 2 aromatic rings. The molecule has 86 valence electrons. The van der Waals surface area contributed by atoms with E-state index in [1.54, 1.807) is 6.20 Å². The molecular formula is C11H15N3O2. The normalized spacial score (nSPS) is 13.2. The SMILES string of the molecule is CC(C)c1cnc(CC(C)c2ncno2)o1. The van der Waals surface area contributed by atoms with Crippen LogP contribution in [0.4, 0.5) is 0 Å². The molecule has 0 spiro atoms. The van der Waals surface area contributed by atoms with Crippen LogP contribution in [0.2, 0.25) is 0 Å². The van der Waals surface area contributed by atoms with E-state index in [1.165, 1.54) is 6.33 Å². The van der Waals surface area contributed by atoms with Gasteiger partial charge in [0.15, 0.2) is 12.2 Å². The monoisotopic (exact) mass is 221 g/mol. The maximum absolute atomic E-state index is 5.61. The molecule has 0 radical (unpaired) electrons. The molecule has 2 heterocycles. The van der Waals surface area contributed by atoms with Crippen molar-refractivity contribution in [3.8, 4) is 0 Å². The van der Waals surface area contributed by atoms with Crippen molar-refractivity contribution >= 4 is 0 Å². The number of hydrogen-bond acceptors (Lipinski definition) is 5. The van der Waals surface area contributed by atoms with Crippen LogP contribution < -0.4 is 0 Å². The molecule has 1 atom stereocenters. The summed E-state index contributed by atoms with van der Waals surface area (Å²) in [5.41, 5.74) is 0. The van der Waals surface area contributed by atoms with Crippen LogP contribution in [0.15, 0.2) is 21.5 Å². The fourth-order valence-corrected chi connectivity index (χ4v) is 1.43. The van der Waals surface area contributed by atoms with Crippen LogP contribution in [0.25, 0.3) is 0 Å². The van der Waals surface area contributed by atoms with Crippen LogP contribution in [0.1, 0.15) is 50.1 Å². The van der Waals surface area contributed by atoms with E-state index in [0.717, 1.165) is 11.7 Å². The van der Waals surface area contributed by atoms with Gasteiger partial charge in [-0.2, -0.15) is 4.98 Å². The van der Waals surface area contributed by atoms with Gasteiger partial charge in [-0.1, -0.05) is 25.9 Å². The van der Waals surface area contributed by atoms with Gasteiger partial charge in [-0.05, 0) is 0 Å². The molecule has 16 heavy (non-hydrogen) atoms. The molecule has 0 N–H and O–H groups in total. The maximum atomic E-state index is 5.61. The third-order valence-corrected chi connectivity index (χ3v) is 2.42. The second-order valence-electron chi connectivity index (χ2n) is 4.20. The van der Waals surface area contributed by atoms with Crippen molar-refractivity contribution in [2.45, 2.75) is 39.0 Å². The van der Waals surface area contributed by atoms with Gasteiger partial charge in [0.05, 0.1) is 6.20 Å². The fourth-order valence-electron chi connectivity index (χ4n) is 1.43. The first-order chi connectivity index (χ1) is 7.66. The van der Waals surface area contributed by atoms with Gasteiger partial charge in [-0.25, -0.2) is 4.98 Å². The molecule has 0 bridgehead atoms. The van der Waals surface area contributed by atoms with E-state index >= 15 is 0 Å². The Morgan fingerprint density at radius 3 is 2.62 bits per heavy atom. The Kier molecular flexibility index (Phi) is 3.03. The van der Waals surface area contributed by atoms with Gasteiger partial charge in [-0.15, -0.1) is 0 Å². The van der Waals surface area contributed by atoms with Crippen molar-refractivity contribution in [3.63, 3.8) is 0 Å². The molecule has 0 aromatic carbocycles. The highest BCUT2D eigenvalue weighted by Gasteiger charge is 2.16. The molecule has 0 aliphatic carbocycles. The summed E-state index contributed by atoms with van der Waals surface area (Å²) in [7, 11) is 0. The number of nitrogens with zero attached hydrogens (tertiary/aromatic N) is 3. The zero-order valence-corrected chi connectivity index (χ0v) is 9.67. The Bertz CT molecular complexity index is 434. The highest BCUT2D eigenvalue weighted by Crippen LogP contribution is 2.20. The van der Waals surface area contributed by atoms with Crippen molar-refractivity contribution in [2.75, 3.05) is 0 Å². The summed E-state index contributed by atoms with van der Waals surface area (Å²) in [5, 5.41) is 3.58. The standard InChI is InChI=1S/C11H15N3O2/c1-7(2)9-5-12-10(15-9)4-8(3)11-13-6-14-16-11/h5-8H,4H2,1-3H3. The quantitative estimate of drug-likeness (QED) is 0.793. The Labute approximate surface area is 93.9 Å². The molecule has 0 aliphatic rings. The smallest absolute Gasteiger partial charge is 0.229 e. The lowest BCUT2D eigenvalue weighted by atomic mass is 10.1. The van der Waals surface area contributed by atoms with Crippen molar-refractivity contribution < 1.29 is 8.94 Å². The van der Waals surface area contributed by atoms with Crippen LogP contribution in [-0.4, -0.2) is 15.1 Å². The molecule has 2 rings (SSSR count). The third kappa shape index (κ3) is 2.29. The highest BCUT2D eigenvalue weighted by atomic mass is 16.5. The lowest BCUT2D eigenvalue weighted by Gasteiger charge is -2.02. The van der Waals surface area contributed by atoms with E-state index < -0.39 is 0 Å². The Balaban J connectivity index is 2.03. The number of oxazole rings is 1. The van der Waals surface area contributed by atoms with Crippen LogP contribution in [-0.2, 0) is 6.42 Å². The van der Waals surface area contributed by atoms with Gasteiger partial charge in [0.1, 0.15) is 5.76 Å². The molecule has 5 nitrogen and oxygen atoms in total. The summed E-state index contributed by atoms with van der Waals surface area (Å²) in [6, 6.07) is 0. The minimum Gasteiger partial charge on any atom is -0.445 e. The number of hydrogen-bond donors (Lipinski definition) is 0. The second kappa shape index (κ2) is 4.47. The van der Waals surface area contributed by atoms with Crippen molar-refractivity contribution in [3.05, 3.63) is 30.1 Å². The van der Waals surface area contributed by atoms with E-state index in [9.17, 15) is 0 Å². The summed E-state index contributed by atoms with van der Waals surface area (Å²) in [5.74, 6) is 2.73. The molecule has 0 amide bonds. The largest absolute Gasteiger partial charge is 0.445 e. The summed E-state index contributed by atoms with van der Waals surface area (Å²) in [6.45, 7) is 6.16. The molecule has 2 aromatic heterocycles. The number of aromatic nitrogens is 3. The summed E-state index contributed by atoms with van der Waals surface area (Å²) >= 11 is 0. The number of rotatable bonds is 4. The van der Waals surface area contributed by atoms with Gasteiger partial charge in [0, 0.05) is 18.3 Å². The second-order valence-corrected chi connectivity index (χ2v) is 4.20. The van der Waals surface area contributed by atoms with Crippen molar-refractivity contribution in [2.24, 2.45) is 0 Å². The lowest BCUT2D eigenvalue weighted by Crippen LogP contribution is -1.98. The molecule has 5 heteroatoms. The molecule has 1 unspecified atom stereocenters. The average molecular weight is 221 g/mol. The highest BCUT2D eigenvalue weighted by molar-refractivity contribution is 5.01. The third-order valence-electron chi connectivity index (χ3n) is 2.42. The van der Waals surface area contributed by atoms with E-state index in [1.807, 2.05) is 6.92 Å². The molecule has 0 aliphatic heterocycles. The van der Waals surface area contributed by atoms with Gasteiger partial charge in [0.25, 0.3) is 0 Å². The first-order valence-electron chi connectivity index (χ1n) is 5.38. The van der Waals surface area contributed by atoms with Crippen LogP contribution in [0.5, 0.6) is 0 Å². The molecule has 0 saturated carbocycles. The Morgan fingerprint density at radius 1 is 1.25 bits per heavy atom. The predicted octanol–water partition coefficient (Wildman–Crippen LogP) is 2.53. The van der Waals surface area contributed by atoms with Crippen molar-refractivity contribution in [1.29, 1.82) is 0 Å². The first-order valence-corrected chi connectivity index (χ1v) is 5.38. The topological polar surface area (TPSA) is 65.0 Å². The molecular weight excluding hydrogens is 206 g/mol. The minimum absolute atomic E-state index is 0.126. The zero-order chi connectivity index (χ0) is 11.5. The van der Waals surface area contributed by atoms with Gasteiger partial charge in [-0.3, -0.25) is 0 Å². The van der Waals surface area contributed by atoms with Gasteiger partial charge < -0.3 is 8.94 Å². The van der Waals surface area contributed by atoms with E-state index in [2.05, 4.69) is 29.0 Å². The summed E-state index contributed by atoms with van der Waals surface area (Å²) in [4.78, 5) is 8.24. The molecule has 0 fully saturated rings. The van der Waals surface area contributed by atoms with Gasteiger partial charge >= 0.3 is 0 Å². The summed E-state index contributed by atoms with van der Waals surface area (Å²) in [6.07, 6.45) is 3.86. The van der Waals surface area contributed by atoms with Gasteiger partial charge in [0.2, 0.25) is 5.89 Å². The predicted molar refractivity (Wildman–Crippen MR) is 57.0 cm³/mol. The average Bonchev–Trinajstić information content (AvgIpc) is 2.87. The van der Waals surface area contributed by atoms with Crippen LogP contribution >= 0.6 is 0 Å². The van der Waals surface area contributed by atoms with E-state index in [4.69, 9.17) is 8.94 Å². The molecule has 0 saturated heterocycles. The maximum Gasteiger partial charge on any atom is 0.229 e. The summed E-state index contributed by atoms with van der Waals surface area (Å²) < 4.78 is 10.6. The van der Waals surface area contributed by atoms with E-state index in [-0.39, 0.29) is 5.92 Å². The Hall–Kier alpha value is -1.65. The zero-order valence-electron chi connectivity index (χ0n) is 9.67.